The molecule has 1 aromatic heterocycles. The largest absolute Gasteiger partial charge is 0.573 e. The van der Waals surface area contributed by atoms with Crippen LogP contribution in [0.3, 0.4) is 0 Å². The number of aromatic nitrogens is 1. The number of hydrogen-bond donors (Lipinski definition) is 1. The van der Waals surface area contributed by atoms with Gasteiger partial charge >= 0.3 is 6.36 Å². The van der Waals surface area contributed by atoms with Crippen molar-refractivity contribution >= 4 is 10.9 Å². The summed E-state index contributed by atoms with van der Waals surface area (Å²) in [7, 11) is 0. The van der Waals surface area contributed by atoms with Gasteiger partial charge in [0.15, 0.2) is 0 Å². The van der Waals surface area contributed by atoms with E-state index in [1.54, 1.807) is 24.4 Å². The third kappa shape index (κ3) is 2.47. The molecule has 0 bridgehead atoms. The first-order valence-corrected chi connectivity index (χ1v) is 5.95. The molecule has 0 aliphatic carbocycles. The van der Waals surface area contributed by atoms with Gasteiger partial charge in [-0.05, 0) is 35.2 Å². The average molecular weight is 277 g/mol. The van der Waals surface area contributed by atoms with E-state index in [9.17, 15) is 13.2 Å². The fourth-order valence-electron chi connectivity index (χ4n) is 2.14. The van der Waals surface area contributed by atoms with Crippen LogP contribution in [-0.4, -0.2) is 11.3 Å². The molecule has 20 heavy (non-hydrogen) atoms. The first-order valence-electron chi connectivity index (χ1n) is 5.95. The van der Waals surface area contributed by atoms with Gasteiger partial charge in [-0.3, -0.25) is 0 Å². The molecular weight excluding hydrogens is 267 g/mol. The van der Waals surface area contributed by atoms with E-state index in [1.165, 1.54) is 12.1 Å². The number of benzene rings is 2. The Balaban J connectivity index is 2.08. The molecule has 0 amide bonds. The number of para-hydroxylation sites is 1. The molecule has 2 nitrogen and oxygen atoms in total. The summed E-state index contributed by atoms with van der Waals surface area (Å²) in [5, 5.41) is 0.935. The lowest BCUT2D eigenvalue weighted by atomic mass is 10.0. The van der Waals surface area contributed by atoms with Crippen LogP contribution in [0.15, 0.2) is 54.7 Å². The Kier molecular flexibility index (Phi) is 2.89. The highest BCUT2D eigenvalue weighted by atomic mass is 19.4. The van der Waals surface area contributed by atoms with Gasteiger partial charge in [-0.2, -0.15) is 0 Å². The van der Waals surface area contributed by atoms with Gasteiger partial charge in [0.05, 0.1) is 0 Å². The van der Waals surface area contributed by atoms with Crippen LogP contribution in [0.4, 0.5) is 13.2 Å². The molecule has 0 aliphatic rings. The summed E-state index contributed by atoms with van der Waals surface area (Å²) in [6.45, 7) is 0. The van der Waals surface area contributed by atoms with Crippen LogP contribution in [0, 0.1) is 0 Å². The van der Waals surface area contributed by atoms with E-state index in [4.69, 9.17) is 0 Å². The molecule has 5 heteroatoms. The summed E-state index contributed by atoms with van der Waals surface area (Å²) in [6.07, 6.45) is -2.92. The van der Waals surface area contributed by atoms with Crippen molar-refractivity contribution in [3.8, 4) is 16.9 Å². The van der Waals surface area contributed by atoms with Crippen LogP contribution in [-0.2, 0) is 0 Å². The van der Waals surface area contributed by atoms with Crippen molar-refractivity contribution in [3.05, 3.63) is 54.7 Å². The monoisotopic (exact) mass is 277 g/mol. The first kappa shape index (κ1) is 12.6. The standard InChI is InChI=1S/C15H10F3NO/c16-15(17,18)20-14-4-2-1-3-12(14)10-5-6-13-11(9-10)7-8-19-13/h1-9,19H. The van der Waals surface area contributed by atoms with Gasteiger partial charge in [-0.15, -0.1) is 13.2 Å². The number of hydrogen-bond acceptors (Lipinski definition) is 1. The zero-order valence-electron chi connectivity index (χ0n) is 10.2. The molecule has 0 atom stereocenters. The van der Waals surface area contributed by atoms with E-state index in [-0.39, 0.29) is 5.75 Å². The Bertz CT molecular complexity index is 746. The lowest BCUT2D eigenvalue weighted by molar-refractivity contribution is -0.274. The quantitative estimate of drug-likeness (QED) is 0.719. The van der Waals surface area contributed by atoms with Gasteiger partial charge in [0, 0.05) is 17.3 Å². The molecular formula is C15H10F3NO. The number of ether oxygens (including phenoxy) is 1. The minimum absolute atomic E-state index is 0.199. The summed E-state index contributed by atoms with van der Waals surface area (Å²) in [6, 6.07) is 13.4. The Morgan fingerprint density at radius 3 is 2.55 bits per heavy atom. The van der Waals surface area contributed by atoms with Gasteiger partial charge < -0.3 is 9.72 Å². The SMILES string of the molecule is FC(F)(F)Oc1ccccc1-c1ccc2[nH]ccc2c1. The molecule has 0 saturated heterocycles. The number of aromatic amines is 1. The van der Waals surface area contributed by atoms with Gasteiger partial charge in [0.25, 0.3) is 0 Å². The van der Waals surface area contributed by atoms with Crippen LogP contribution in [0.25, 0.3) is 22.0 Å². The Morgan fingerprint density at radius 1 is 0.950 bits per heavy atom. The van der Waals surface area contributed by atoms with Crippen LogP contribution >= 0.6 is 0 Å². The summed E-state index contributed by atoms with van der Waals surface area (Å²) >= 11 is 0. The van der Waals surface area contributed by atoms with Crippen LogP contribution in [0.5, 0.6) is 5.75 Å². The maximum absolute atomic E-state index is 12.4. The van der Waals surface area contributed by atoms with Crippen LogP contribution < -0.4 is 4.74 Å². The fourth-order valence-corrected chi connectivity index (χ4v) is 2.14. The zero-order chi connectivity index (χ0) is 14.2. The third-order valence-electron chi connectivity index (χ3n) is 2.98. The van der Waals surface area contributed by atoms with Crippen molar-refractivity contribution in [3.63, 3.8) is 0 Å². The number of rotatable bonds is 2. The molecule has 1 N–H and O–H groups in total. The molecule has 102 valence electrons. The van der Waals surface area contributed by atoms with E-state index < -0.39 is 6.36 Å². The van der Waals surface area contributed by atoms with E-state index in [2.05, 4.69) is 9.72 Å². The maximum Gasteiger partial charge on any atom is 0.573 e. The highest BCUT2D eigenvalue weighted by Gasteiger charge is 2.32. The number of H-pyrrole nitrogens is 1. The summed E-state index contributed by atoms with van der Waals surface area (Å²) in [5.41, 5.74) is 2.02. The molecule has 0 spiro atoms. The number of halogens is 3. The molecule has 3 rings (SSSR count). The first-order chi connectivity index (χ1) is 9.53. The molecule has 0 fully saturated rings. The van der Waals surface area contributed by atoms with Gasteiger partial charge in [0.2, 0.25) is 0 Å². The molecule has 3 aromatic rings. The second-order valence-electron chi connectivity index (χ2n) is 4.32. The van der Waals surface area contributed by atoms with Crippen molar-refractivity contribution in [2.45, 2.75) is 6.36 Å². The van der Waals surface area contributed by atoms with Gasteiger partial charge in [-0.1, -0.05) is 24.3 Å². The lowest BCUT2D eigenvalue weighted by Gasteiger charge is -2.13. The van der Waals surface area contributed by atoms with Crippen LogP contribution in [0.2, 0.25) is 0 Å². The molecule has 2 aromatic carbocycles. The maximum atomic E-state index is 12.4. The predicted octanol–water partition coefficient (Wildman–Crippen LogP) is 4.73. The van der Waals surface area contributed by atoms with Gasteiger partial charge in [0.1, 0.15) is 5.75 Å². The lowest BCUT2D eigenvalue weighted by Crippen LogP contribution is -2.17. The molecule has 0 saturated carbocycles. The topological polar surface area (TPSA) is 25.0 Å². The Labute approximate surface area is 112 Å². The third-order valence-corrected chi connectivity index (χ3v) is 2.98. The normalized spacial score (nSPS) is 11.8. The fraction of sp³-hybridized carbons (Fsp3) is 0.0667. The van der Waals surface area contributed by atoms with Crippen molar-refractivity contribution in [1.29, 1.82) is 0 Å². The molecule has 0 radical (unpaired) electrons. The summed E-state index contributed by atoms with van der Waals surface area (Å²) in [5.74, 6) is -0.199. The van der Waals surface area contributed by atoms with Crippen molar-refractivity contribution in [2.75, 3.05) is 0 Å². The minimum atomic E-state index is -4.70. The second kappa shape index (κ2) is 4.59. The summed E-state index contributed by atoms with van der Waals surface area (Å²) in [4.78, 5) is 3.04. The van der Waals surface area contributed by atoms with Crippen molar-refractivity contribution in [2.24, 2.45) is 0 Å². The van der Waals surface area contributed by atoms with Crippen molar-refractivity contribution in [1.82, 2.24) is 4.98 Å². The summed E-state index contributed by atoms with van der Waals surface area (Å²) < 4.78 is 41.3. The highest BCUT2D eigenvalue weighted by Crippen LogP contribution is 2.34. The molecule has 0 unspecified atom stereocenters. The zero-order valence-corrected chi connectivity index (χ0v) is 10.2. The highest BCUT2D eigenvalue weighted by molar-refractivity contribution is 5.86. The minimum Gasteiger partial charge on any atom is -0.405 e. The average Bonchev–Trinajstić information content (AvgIpc) is 2.84. The number of alkyl halides is 3. The molecule has 1 heterocycles. The second-order valence-corrected chi connectivity index (χ2v) is 4.32. The number of nitrogens with one attached hydrogen (secondary N) is 1. The van der Waals surface area contributed by atoms with E-state index in [0.717, 1.165) is 10.9 Å². The predicted molar refractivity (Wildman–Crippen MR) is 70.4 cm³/mol. The number of fused-ring (bicyclic) bond motifs is 1. The van der Waals surface area contributed by atoms with Crippen LogP contribution in [0.1, 0.15) is 0 Å². The van der Waals surface area contributed by atoms with E-state index >= 15 is 0 Å². The smallest absolute Gasteiger partial charge is 0.405 e. The Morgan fingerprint density at radius 2 is 1.75 bits per heavy atom. The van der Waals surface area contributed by atoms with E-state index in [0.29, 0.717) is 11.1 Å². The van der Waals surface area contributed by atoms with Gasteiger partial charge in [-0.25, -0.2) is 0 Å². The Hall–Kier alpha value is -2.43. The van der Waals surface area contributed by atoms with Crippen molar-refractivity contribution < 1.29 is 17.9 Å². The molecule has 0 aliphatic heterocycles. The van der Waals surface area contributed by atoms with E-state index in [1.807, 2.05) is 18.2 Å².